The average molecular weight is 370 g/mol. The maximum atomic E-state index is 12.5. The molecule has 0 spiro atoms. The van der Waals surface area contributed by atoms with Gasteiger partial charge in [-0.3, -0.25) is 4.79 Å². The molecule has 1 aromatic carbocycles. The highest BCUT2D eigenvalue weighted by Gasteiger charge is 2.19. The van der Waals surface area contributed by atoms with Gasteiger partial charge in [0.05, 0.1) is 12.8 Å². The van der Waals surface area contributed by atoms with Crippen LogP contribution in [0, 0.1) is 6.92 Å². The third-order valence-electron chi connectivity index (χ3n) is 3.00. The fraction of sp³-hybridized carbons (Fsp3) is 0.286. The van der Waals surface area contributed by atoms with Crippen molar-refractivity contribution in [2.45, 2.75) is 13.5 Å². The molecule has 1 amide bonds. The maximum absolute atomic E-state index is 12.5. The van der Waals surface area contributed by atoms with Gasteiger partial charge >= 0.3 is 0 Å². The summed E-state index contributed by atoms with van der Waals surface area (Å²) in [5, 5.41) is 0.407. The number of benzene rings is 1. The van der Waals surface area contributed by atoms with E-state index in [9.17, 15) is 4.79 Å². The molecule has 0 atom stereocenters. The van der Waals surface area contributed by atoms with Gasteiger partial charge in [0.2, 0.25) is 0 Å². The fourth-order valence-electron chi connectivity index (χ4n) is 1.99. The highest BCUT2D eigenvalue weighted by atomic mass is 79.9. The number of nitrogens with two attached hydrogens (primary N) is 1. The number of amides is 1. The predicted octanol–water partition coefficient (Wildman–Crippen LogP) is 3.08. The summed E-state index contributed by atoms with van der Waals surface area (Å²) < 4.78 is 6.27. The van der Waals surface area contributed by atoms with Gasteiger partial charge in [-0.2, -0.15) is 0 Å². The van der Waals surface area contributed by atoms with Gasteiger partial charge in [-0.05, 0) is 25.1 Å². The molecule has 2 aromatic rings. The molecule has 5 nitrogen and oxygen atoms in total. The van der Waals surface area contributed by atoms with Crippen LogP contribution in [0.5, 0.6) is 5.75 Å². The number of hydrogen-bond donors (Lipinski definition) is 1. The van der Waals surface area contributed by atoms with Crippen LogP contribution in [0.2, 0.25) is 0 Å². The van der Waals surface area contributed by atoms with Crippen molar-refractivity contribution in [3.8, 4) is 5.75 Å². The molecule has 0 bridgehead atoms. The van der Waals surface area contributed by atoms with Crippen molar-refractivity contribution in [3.63, 3.8) is 0 Å². The van der Waals surface area contributed by atoms with E-state index >= 15 is 0 Å². The van der Waals surface area contributed by atoms with Crippen LogP contribution >= 0.6 is 27.3 Å². The second-order valence-corrected chi connectivity index (χ2v) is 6.53. The van der Waals surface area contributed by atoms with Crippen molar-refractivity contribution >= 4 is 38.3 Å². The number of rotatable bonds is 4. The van der Waals surface area contributed by atoms with Crippen LogP contribution in [0.25, 0.3) is 0 Å². The number of carbonyl (C=O) groups excluding carboxylic acids is 1. The van der Waals surface area contributed by atoms with E-state index in [0.717, 1.165) is 15.8 Å². The molecule has 0 unspecified atom stereocenters. The molecule has 21 heavy (non-hydrogen) atoms. The zero-order chi connectivity index (χ0) is 15.6. The highest BCUT2D eigenvalue weighted by molar-refractivity contribution is 9.10. The Morgan fingerprint density at radius 2 is 2.24 bits per heavy atom. The Morgan fingerprint density at radius 3 is 2.81 bits per heavy atom. The predicted molar refractivity (Wildman–Crippen MR) is 87.8 cm³/mol. The van der Waals surface area contributed by atoms with Gasteiger partial charge in [-0.25, -0.2) is 4.98 Å². The Bertz CT molecular complexity index is 672. The zero-order valence-electron chi connectivity index (χ0n) is 12.0. The Kier molecular flexibility index (Phi) is 4.84. The van der Waals surface area contributed by atoms with Gasteiger partial charge in [-0.15, -0.1) is 0 Å². The van der Waals surface area contributed by atoms with Gasteiger partial charge < -0.3 is 15.4 Å². The lowest BCUT2D eigenvalue weighted by Crippen LogP contribution is -2.26. The second-order valence-electron chi connectivity index (χ2n) is 4.58. The summed E-state index contributed by atoms with van der Waals surface area (Å²) in [5.74, 6) is 0.655. The third-order valence-corrected chi connectivity index (χ3v) is 4.47. The van der Waals surface area contributed by atoms with E-state index in [-0.39, 0.29) is 5.91 Å². The molecule has 2 rings (SSSR count). The standard InChI is InChI=1S/C14H16BrN3O2S/c1-8-12(21-14(16)17-8)13(19)18(2)7-9-6-10(15)4-5-11(9)20-3/h4-6H,7H2,1-3H3,(H2,16,17). The minimum Gasteiger partial charge on any atom is -0.496 e. The highest BCUT2D eigenvalue weighted by Crippen LogP contribution is 2.26. The first kappa shape index (κ1) is 15.8. The van der Waals surface area contributed by atoms with Gasteiger partial charge in [0.1, 0.15) is 10.6 Å². The van der Waals surface area contributed by atoms with E-state index in [2.05, 4.69) is 20.9 Å². The molecule has 0 aliphatic carbocycles. The van der Waals surface area contributed by atoms with Gasteiger partial charge in [0.15, 0.2) is 5.13 Å². The minimum atomic E-state index is -0.0938. The van der Waals surface area contributed by atoms with Crippen molar-refractivity contribution in [2.75, 3.05) is 19.9 Å². The topological polar surface area (TPSA) is 68.5 Å². The van der Waals surface area contributed by atoms with E-state index < -0.39 is 0 Å². The van der Waals surface area contributed by atoms with Crippen LogP contribution in [0.15, 0.2) is 22.7 Å². The molecule has 0 saturated heterocycles. The molecule has 0 radical (unpaired) electrons. The number of hydrogen-bond acceptors (Lipinski definition) is 5. The largest absolute Gasteiger partial charge is 0.496 e. The molecule has 1 heterocycles. The molecular weight excluding hydrogens is 354 g/mol. The van der Waals surface area contributed by atoms with E-state index in [1.165, 1.54) is 11.3 Å². The maximum Gasteiger partial charge on any atom is 0.265 e. The van der Waals surface area contributed by atoms with E-state index in [0.29, 0.717) is 22.2 Å². The molecule has 0 aliphatic rings. The summed E-state index contributed by atoms with van der Waals surface area (Å²) in [5.41, 5.74) is 7.24. The normalized spacial score (nSPS) is 10.5. The first-order chi connectivity index (χ1) is 9.92. The average Bonchev–Trinajstić information content (AvgIpc) is 2.77. The Balaban J connectivity index is 2.21. The van der Waals surface area contributed by atoms with Crippen LogP contribution < -0.4 is 10.5 Å². The van der Waals surface area contributed by atoms with Gasteiger partial charge in [0, 0.05) is 23.6 Å². The minimum absolute atomic E-state index is 0.0938. The van der Waals surface area contributed by atoms with Crippen molar-refractivity contribution in [2.24, 2.45) is 0 Å². The number of methoxy groups -OCH3 is 1. The zero-order valence-corrected chi connectivity index (χ0v) is 14.4. The molecule has 7 heteroatoms. The van der Waals surface area contributed by atoms with Crippen molar-refractivity contribution in [3.05, 3.63) is 38.8 Å². The van der Waals surface area contributed by atoms with Crippen LogP contribution in [0.1, 0.15) is 20.9 Å². The number of nitrogen functional groups attached to an aromatic ring is 1. The van der Waals surface area contributed by atoms with Crippen molar-refractivity contribution in [1.29, 1.82) is 0 Å². The molecule has 0 aliphatic heterocycles. The summed E-state index contributed by atoms with van der Waals surface area (Å²) in [6.45, 7) is 2.23. The lowest BCUT2D eigenvalue weighted by atomic mass is 10.2. The van der Waals surface area contributed by atoms with Crippen LogP contribution in [-0.4, -0.2) is 29.9 Å². The SMILES string of the molecule is COc1ccc(Br)cc1CN(C)C(=O)c1sc(N)nc1C. The first-order valence-corrected chi connectivity index (χ1v) is 7.84. The molecule has 2 N–H and O–H groups in total. The number of nitrogens with zero attached hydrogens (tertiary/aromatic N) is 2. The summed E-state index contributed by atoms with van der Waals surface area (Å²) >= 11 is 4.64. The molecule has 112 valence electrons. The number of aryl methyl sites for hydroxylation is 1. The van der Waals surface area contributed by atoms with E-state index in [4.69, 9.17) is 10.5 Å². The number of carbonyl (C=O) groups is 1. The molecular formula is C14H16BrN3O2S. The van der Waals surface area contributed by atoms with Crippen LogP contribution in [-0.2, 0) is 6.54 Å². The summed E-state index contributed by atoms with van der Waals surface area (Å²) in [4.78, 5) is 18.7. The number of thiazole rings is 1. The van der Waals surface area contributed by atoms with Crippen LogP contribution in [0.3, 0.4) is 0 Å². The molecule has 0 fully saturated rings. The van der Waals surface area contributed by atoms with Gasteiger partial charge in [-0.1, -0.05) is 27.3 Å². The Hall–Kier alpha value is -1.60. The van der Waals surface area contributed by atoms with Crippen molar-refractivity contribution < 1.29 is 9.53 Å². The Morgan fingerprint density at radius 1 is 1.52 bits per heavy atom. The lowest BCUT2D eigenvalue weighted by Gasteiger charge is -2.18. The summed E-state index contributed by atoms with van der Waals surface area (Å²) in [7, 11) is 3.36. The van der Waals surface area contributed by atoms with Gasteiger partial charge in [0.25, 0.3) is 5.91 Å². The first-order valence-electron chi connectivity index (χ1n) is 6.23. The second kappa shape index (κ2) is 6.44. The molecule has 1 aromatic heterocycles. The number of halogens is 1. The quantitative estimate of drug-likeness (QED) is 0.898. The van der Waals surface area contributed by atoms with E-state index in [1.54, 1.807) is 26.0 Å². The van der Waals surface area contributed by atoms with Crippen molar-refractivity contribution in [1.82, 2.24) is 9.88 Å². The van der Waals surface area contributed by atoms with E-state index in [1.807, 2.05) is 18.2 Å². The Labute approximate surface area is 135 Å². The monoisotopic (exact) mass is 369 g/mol. The smallest absolute Gasteiger partial charge is 0.265 e. The number of ether oxygens (including phenoxy) is 1. The fourth-order valence-corrected chi connectivity index (χ4v) is 3.22. The number of anilines is 1. The third kappa shape index (κ3) is 3.54. The lowest BCUT2D eigenvalue weighted by molar-refractivity contribution is 0.0788. The van der Waals surface area contributed by atoms with Crippen LogP contribution in [0.4, 0.5) is 5.13 Å². The summed E-state index contributed by atoms with van der Waals surface area (Å²) in [6.07, 6.45) is 0. The number of aromatic nitrogens is 1. The molecule has 0 saturated carbocycles. The summed E-state index contributed by atoms with van der Waals surface area (Å²) in [6, 6.07) is 5.71.